The Morgan fingerprint density at radius 2 is 1.96 bits per heavy atom. The van der Waals surface area contributed by atoms with Crippen molar-refractivity contribution in [3.63, 3.8) is 0 Å². The van der Waals surface area contributed by atoms with E-state index in [9.17, 15) is 9.90 Å². The summed E-state index contributed by atoms with van der Waals surface area (Å²) in [7, 11) is 0. The van der Waals surface area contributed by atoms with E-state index in [1.54, 1.807) is 11.1 Å². The SMILES string of the molecule is CSc1nccc(-n2ccc3c(N4CCN(C(=O)C[O])CC4)cccc32)n1. The summed E-state index contributed by atoms with van der Waals surface area (Å²) in [5, 5.41) is 12.7. The van der Waals surface area contributed by atoms with Crippen molar-refractivity contribution >= 4 is 34.3 Å². The summed E-state index contributed by atoms with van der Waals surface area (Å²) in [6, 6.07) is 10.2. The fourth-order valence-corrected chi connectivity index (χ4v) is 3.83. The minimum absolute atomic E-state index is 0.313. The van der Waals surface area contributed by atoms with Crippen LogP contribution in [0.1, 0.15) is 0 Å². The Morgan fingerprint density at radius 1 is 1.15 bits per heavy atom. The van der Waals surface area contributed by atoms with Crippen molar-refractivity contribution in [2.45, 2.75) is 5.16 Å². The summed E-state index contributed by atoms with van der Waals surface area (Å²) < 4.78 is 2.07. The van der Waals surface area contributed by atoms with Gasteiger partial charge in [-0.25, -0.2) is 15.1 Å². The lowest BCUT2D eigenvalue weighted by Gasteiger charge is -2.36. The van der Waals surface area contributed by atoms with Crippen LogP contribution in [0.5, 0.6) is 0 Å². The number of nitrogens with zero attached hydrogens (tertiary/aromatic N) is 5. The summed E-state index contributed by atoms with van der Waals surface area (Å²) in [6.07, 6.45) is 5.76. The van der Waals surface area contributed by atoms with Gasteiger partial charge >= 0.3 is 0 Å². The molecule has 1 fully saturated rings. The Bertz CT molecular complexity index is 966. The molecule has 139 valence electrons. The molecule has 1 aliphatic rings. The molecule has 0 atom stereocenters. The fraction of sp³-hybridized carbons (Fsp3) is 0.316. The maximum atomic E-state index is 11.6. The van der Waals surface area contributed by atoms with Gasteiger partial charge in [-0.2, -0.15) is 0 Å². The number of thioether (sulfide) groups is 1. The molecule has 1 radical (unpaired) electrons. The summed E-state index contributed by atoms with van der Waals surface area (Å²) in [6.45, 7) is 1.94. The van der Waals surface area contributed by atoms with Crippen molar-refractivity contribution in [3.8, 4) is 5.82 Å². The Hall–Kier alpha value is -2.58. The molecule has 1 saturated heterocycles. The molecule has 0 unspecified atom stereocenters. The molecule has 1 aromatic carbocycles. The van der Waals surface area contributed by atoms with Crippen LogP contribution in [0.2, 0.25) is 0 Å². The highest BCUT2D eigenvalue weighted by Gasteiger charge is 2.22. The first-order chi connectivity index (χ1) is 13.2. The summed E-state index contributed by atoms with van der Waals surface area (Å²) in [5.74, 6) is 0.528. The highest BCUT2D eigenvalue weighted by Crippen LogP contribution is 2.30. The van der Waals surface area contributed by atoms with Crippen LogP contribution in [-0.4, -0.2) is 64.4 Å². The topological polar surface area (TPSA) is 74.2 Å². The molecule has 1 aliphatic heterocycles. The van der Waals surface area contributed by atoms with Crippen molar-refractivity contribution in [2.24, 2.45) is 0 Å². The van der Waals surface area contributed by atoms with E-state index in [-0.39, 0.29) is 5.91 Å². The zero-order chi connectivity index (χ0) is 18.8. The maximum Gasteiger partial charge on any atom is 0.252 e. The molecule has 27 heavy (non-hydrogen) atoms. The number of aromatic nitrogens is 3. The number of amides is 1. The Kier molecular flexibility index (Phi) is 5.00. The lowest BCUT2D eigenvalue weighted by molar-refractivity contribution is -0.136. The van der Waals surface area contributed by atoms with Gasteiger partial charge in [0, 0.05) is 49.6 Å². The molecule has 7 nitrogen and oxygen atoms in total. The molecule has 3 aromatic rings. The van der Waals surface area contributed by atoms with Crippen LogP contribution in [0.25, 0.3) is 16.7 Å². The van der Waals surface area contributed by atoms with Crippen LogP contribution in [0, 0.1) is 0 Å². The van der Waals surface area contributed by atoms with Crippen LogP contribution >= 0.6 is 11.8 Å². The van der Waals surface area contributed by atoms with Crippen LogP contribution < -0.4 is 4.90 Å². The highest BCUT2D eigenvalue weighted by atomic mass is 32.2. The second-order valence-corrected chi connectivity index (χ2v) is 7.08. The number of anilines is 1. The van der Waals surface area contributed by atoms with Gasteiger partial charge in [0.1, 0.15) is 5.82 Å². The van der Waals surface area contributed by atoms with Gasteiger partial charge in [0.15, 0.2) is 11.8 Å². The van der Waals surface area contributed by atoms with Gasteiger partial charge in [-0.3, -0.25) is 4.79 Å². The zero-order valence-electron chi connectivity index (χ0n) is 15.0. The number of hydrogen-bond acceptors (Lipinski definition) is 5. The van der Waals surface area contributed by atoms with Crippen molar-refractivity contribution in [3.05, 3.63) is 42.7 Å². The fourth-order valence-electron chi connectivity index (χ4n) is 3.48. The van der Waals surface area contributed by atoms with Crippen molar-refractivity contribution in [1.82, 2.24) is 19.4 Å². The quantitative estimate of drug-likeness (QED) is 0.511. The van der Waals surface area contributed by atoms with Gasteiger partial charge in [0.05, 0.1) is 5.52 Å². The van der Waals surface area contributed by atoms with Crippen LogP contribution in [0.3, 0.4) is 0 Å². The highest BCUT2D eigenvalue weighted by molar-refractivity contribution is 7.98. The second kappa shape index (κ2) is 7.58. The van der Waals surface area contributed by atoms with Crippen molar-refractivity contribution < 1.29 is 9.90 Å². The molecule has 0 spiro atoms. The summed E-state index contributed by atoms with van der Waals surface area (Å²) >= 11 is 1.52. The molecule has 4 rings (SSSR count). The van der Waals surface area contributed by atoms with Gasteiger partial charge < -0.3 is 14.4 Å². The second-order valence-electron chi connectivity index (χ2n) is 6.31. The number of rotatable bonds is 4. The average Bonchev–Trinajstić information content (AvgIpc) is 3.17. The Labute approximate surface area is 161 Å². The lowest BCUT2D eigenvalue weighted by atomic mass is 10.1. The molecule has 2 aromatic heterocycles. The van der Waals surface area contributed by atoms with Crippen LogP contribution in [0.15, 0.2) is 47.9 Å². The monoisotopic (exact) mass is 382 g/mol. The molecule has 3 heterocycles. The summed E-state index contributed by atoms with van der Waals surface area (Å²) in [4.78, 5) is 24.4. The van der Waals surface area contributed by atoms with E-state index in [0.717, 1.165) is 40.7 Å². The van der Waals surface area contributed by atoms with Gasteiger partial charge in [0.25, 0.3) is 5.91 Å². The number of carbonyl (C=O) groups is 1. The van der Waals surface area contributed by atoms with Gasteiger partial charge in [-0.15, -0.1) is 0 Å². The first-order valence-corrected chi connectivity index (χ1v) is 10.0. The smallest absolute Gasteiger partial charge is 0.252 e. The van der Waals surface area contributed by atoms with E-state index in [1.807, 2.05) is 24.6 Å². The average molecular weight is 382 g/mol. The molecule has 0 saturated carbocycles. The van der Waals surface area contributed by atoms with E-state index in [1.165, 1.54) is 11.8 Å². The van der Waals surface area contributed by atoms with E-state index in [4.69, 9.17) is 0 Å². The number of carbonyl (C=O) groups excluding carboxylic acids is 1. The number of piperazine rings is 1. The molecule has 0 bridgehead atoms. The molecule has 8 heteroatoms. The molecule has 0 N–H and O–H groups in total. The number of hydrogen-bond donors (Lipinski definition) is 0. The predicted octanol–water partition coefficient (Wildman–Crippen LogP) is 2.22. The molecular weight excluding hydrogens is 362 g/mol. The standard InChI is InChI=1S/C19H20N5O2S/c1-27-19-20-7-5-17(21-19)24-8-6-14-15(3-2-4-16(14)24)22-9-11-23(12-10-22)18(26)13-25/h2-8H,9-13H2,1H3. The normalized spacial score (nSPS) is 14.7. The van der Waals surface area contributed by atoms with E-state index < -0.39 is 6.61 Å². The van der Waals surface area contributed by atoms with Gasteiger partial charge in [0.2, 0.25) is 0 Å². The van der Waals surface area contributed by atoms with E-state index in [0.29, 0.717) is 13.1 Å². The van der Waals surface area contributed by atoms with E-state index >= 15 is 0 Å². The van der Waals surface area contributed by atoms with E-state index in [2.05, 4.69) is 37.6 Å². The predicted molar refractivity (Wildman–Crippen MR) is 105 cm³/mol. The minimum atomic E-state index is -0.671. The third-order valence-corrected chi connectivity index (χ3v) is 5.42. The third kappa shape index (κ3) is 3.38. The summed E-state index contributed by atoms with van der Waals surface area (Å²) in [5.41, 5.74) is 2.22. The van der Waals surface area contributed by atoms with Gasteiger partial charge in [-0.1, -0.05) is 17.8 Å². The van der Waals surface area contributed by atoms with Gasteiger partial charge in [-0.05, 0) is 30.5 Å². The first kappa shape index (κ1) is 17.8. The zero-order valence-corrected chi connectivity index (χ0v) is 15.9. The lowest BCUT2D eigenvalue weighted by Crippen LogP contribution is -2.49. The number of fused-ring (bicyclic) bond motifs is 1. The third-order valence-electron chi connectivity index (χ3n) is 4.85. The molecule has 0 aliphatic carbocycles. The minimum Gasteiger partial charge on any atom is -0.367 e. The largest absolute Gasteiger partial charge is 0.367 e. The molecule has 1 amide bonds. The van der Waals surface area contributed by atoms with Crippen LogP contribution in [0.4, 0.5) is 5.69 Å². The van der Waals surface area contributed by atoms with Crippen LogP contribution in [-0.2, 0) is 9.90 Å². The Morgan fingerprint density at radius 3 is 2.70 bits per heavy atom. The maximum absolute atomic E-state index is 11.6. The molecular formula is C19H20N5O2S. The van der Waals surface area contributed by atoms with Crippen molar-refractivity contribution in [1.29, 1.82) is 0 Å². The first-order valence-electron chi connectivity index (χ1n) is 8.79. The Balaban J connectivity index is 1.64. The number of benzene rings is 1. The van der Waals surface area contributed by atoms with Crippen molar-refractivity contribution in [2.75, 3.05) is 43.9 Å².